The number of nitrogens with one attached hydrogen (secondary N) is 1. The number of nitrogens with two attached hydrogens (primary N) is 2. The zero-order valence-electron chi connectivity index (χ0n) is 79.4. The number of Topliss-reactive ketones (excluding diaryl/α,β-unsaturated/α-hetero) is 1. The number of benzene rings is 4. The average molecular weight is 1980 g/mol. The van der Waals surface area contributed by atoms with E-state index in [4.69, 9.17) is 88.9 Å². The van der Waals surface area contributed by atoms with Crippen LogP contribution in [0.2, 0.25) is 0 Å². The number of halogens is 3. The van der Waals surface area contributed by atoms with E-state index < -0.39 is 135 Å². The van der Waals surface area contributed by atoms with Gasteiger partial charge in [0, 0.05) is 130 Å². The van der Waals surface area contributed by atoms with Gasteiger partial charge in [0.05, 0.1) is 96.5 Å². The van der Waals surface area contributed by atoms with E-state index in [9.17, 15) is 62.6 Å². The average Bonchev–Trinajstić information content (AvgIpc) is 1.61. The van der Waals surface area contributed by atoms with Gasteiger partial charge in [-0.2, -0.15) is 0 Å². The van der Waals surface area contributed by atoms with E-state index in [1.807, 2.05) is 153 Å². The van der Waals surface area contributed by atoms with Crippen LogP contribution in [-0.2, 0) is 111 Å². The summed E-state index contributed by atoms with van der Waals surface area (Å²) in [5.74, 6) is -8.63. The number of imide groups is 1. The molecule has 13 unspecified atom stereocenters. The monoisotopic (exact) mass is 1980 g/mol. The van der Waals surface area contributed by atoms with Gasteiger partial charge in [0.1, 0.15) is 59.7 Å². The number of fused-ring (bicyclic) bond motifs is 10. The molecule has 10 fully saturated rings. The number of carboxylic acids is 1. The van der Waals surface area contributed by atoms with Crippen LogP contribution < -0.4 is 26.3 Å². The molecule has 15 aliphatic heterocycles. The number of urea groups is 1. The summed E-state index contributed by atoms with van der Waals surface area (Å²) in [4.78, 5) is 171. The van der Waals surface area contributed by atoms with E-state index in [2.05, 4.69) is 31.8 Å². The van der Waals surface area contributed by atoms with Crippen LogP contribution in [0.4, 0.5) is 4.79 Å². The van der Waals surface area contributed by atoms with E-state index in [1.54, 1.807) is 78.6 Å². The van der Waals surface area contributed by atoms with Gasteiger partial charge in [0.25, 0.3) is 5.91 Å². The number of hydrogen-bond donors (Lipinski definition) is 4. The maximum atomic E-state index is 13.2. The van der Waals surface area contributed by atoms with Crippen molar-refractivity contribution in [2.45, 2.75) is 149 Å². The summed E-state index contributed by atoms with van der Waals surface area (Å²) in [5, 5.41) is 12.1. The lowest BCUT2D eigenvalue weighted by atomic mass is 9.79. The van der Waals surface area contributed by atoms with E-state index in [0.717, 1.165) is 99.8 Å². The predicted octanol–water partition coefficient (Wildman–Crippen LogP) is 6.20. The Morgan fingerprint density at radius 2 is 0.763 bits per heavy atom. The third kappa shape index (κ3) is 24.4. The van der Waals surface area contributed by atoms with E-state index in [1.165, 1.54) is 0 Å². The summed E-state index contributed by atoms with van der Waals surface area (Å²) in [6.45, 7) is 20.9. The van der Waals surface area contributed by atoms with Gasteiger partial charge in [0.15, 0.2) is 0 Å². The number of piperazine rings is 4. The Morgan fingerprint density at radius 1 is 0.432 bits per heavy atom. The lowest BCUT2D eigenvalue weighted by Crippen LogP contribution is -2.53. The van der Waals surface area contributed by atoms with Crippen molar-refractivity contribution < 1.29 is 105 Å². The summed E-state index contributed by atoms with van der Waals surface area (Å²) in [5.41, 5.74) is 14.3. The third-order valence-electron chi connectivity index (χ3n) is 28.5. The van der Waals surface area contributed by atoms with Crippen molar-refractivity contribution in [3.05, 3.63) is 192 Å². The molecule has 15 aliphatic rings. The van der Waals surface area contributed by atoms with Crippen LogP contribution in [0.5, 0.6) is 11.5 Å². The van der Waals surface area contributed by atoms with Crippen molar-refractivity contribution in [1.29, 1.82) is 0 Å². The maximum absolute atomic E-state index is 13.2. The fourth-order valence-electron chi connectivity index (χ4n) is 21.0. The number of ether oxygens (including phenoxy) is 9. The van der Waals surface area contributed by atoms with Crippen LogP contribution in [-0.4, -0.2) is 343 Å². The lowest BCUT2D eigenvalue weighted by molar-refractivity contribution is -0.156. The normalized spacial score (nSPS) is 30.9. The molecular formula is C102H127Cl3N12O22. The molecule has 23 atom stereocenters. The summed E-state index contributed by atoms with van der Waals surface area (Å²) < 4.78 is 49.1. The van der Waals surface area contributed by atoms with Gasteiger partial charge in [-0.05, 0) is 121 Å². The largest absolute Gasteiger partial charge is 0.481 e. The molecule has 10 saturated heterocycles. The van der Waals surface area contributed by atoms with Gasteiger partial charge in [-0.25, -0.2) is 4.79 Å². The number of likely N-dealkylation sites (N-methyl/N-ethyl adjacent to an activating group) is 3. The fraction of sp³-hybridized carbons (Fsp3) is 0.549. The van der Waals surface area contributed by atoms with Crippen LogP contribution in [0, 0.1) is 59.2 Å². The molecule has 10 bridgehead atoms. The number of esters is 4. The molecule has 0 radical (unpaired) electrons. The standard InChI is InChI=1S/2C22H29N3O4.C22H28N2O4.C21H22N2O6.C15H19Cl3N2O4/c2*1-14(23)13-15-3-5-16(6-4-15)28-22(27)20-18-8-7-17(29-18)19(20)21(26)25-11-9-24(2)10-12-25;1-2-10-23-11-13-24(14-12-23)21(25)19-17-8-9-18(28-17)20(19)22(26)27-15-16-6-4-3-5-7-16;1-21(12-6-3-2-4-7-12)19(27)23(20(28)22-21)11-5-8-13(24)16-14-9-10-15(29-14)17(16)18(25)26;1-19-4-6-20(7-5-19)13(21)11-9-2-3-10(24-9)12(11)14(22)23-8-15(16,17)18/h2*3-8,14,17-20H,9-13,23H2,1-2H3;3-9,17-20H,2,10-15H2,1H3;2-4,6-7,9-10,14-17H,5,8,11H2,1H3,(H,22,28)(H,25,26);2-3,9-12H,4-8H2,1H3/t2*14?,17-,18+,19?,20?;17-,18+,19?,20?;14-,15+,16?,17?,21?;9-,10+,11?,12?/m00000/s1. The first kappa shape index (κ1) is 103. The third-order valence-corrected chi connectivity index (χ3v) is 28.8. The molecule has 0 aliphatic carbocycles. The van der Waals surface area contributed by atoms with Crippen molar-refractivity contribution in [1.82, 2.24) is 49.4 Å². The second kappa shape index (κ2) is 45.8. The predicted molar refractivity (Wildman–Crippen MR) is 512 cm³/mol. The number of rotatable bonds is 26. The van der Waals surface area contributed by atoms with Gasteiger partial charge in [-0.15, -0.1) is 0 Å². The second-order valence-corrected chi connectivity index (χ2v) is 41.2. The minimum absolute atomic E-state index is 0.0100. The van der Waals surface area contributed by atoms with Gasteiger partial charge in [-0.1, -0.05) is 187 Å². The van der Waals surface area contributed by atoms with Crippen molar-refractivity contribution in [3.63, 3.8) is 0 Å². The zero-order valence-corrected chi connectivity index (χ0v) is 81.6. The first-order valence-electron chi connectivity index (χ1n) is 48.2. The van der Waals surface area contributed by atoms with Crippen LogP contribution in [0.15, 0.2) is 170 Å². The number of carbonyl (C=O) groups excluding carboxylic acids is 11. The number of ketones is 1. The highest BCUT2D eigenvalue weighted by atomic mass is 35.6. The summed E-state index contributed by atoms with van der Waals surface area (Å²) in [6.07, 6.45) is 17.3. The summed E-state index contributed by atoms with van der Waals surface area (Å²) in [7, 11) is 6.11. The zero-order chi connectivity index (χ0) is 98.8. The number of alkyl halides is 3. The molecule has 34 nitrogen and oxygen atoms in total. The maximum Gasteiger partial charge on any atom is 0.325 e. The lowest BCUT2D eigenvalue weighted by Gasteiger charge is -2.37. The molecule has 0 saturated carbocycles. The molecule has 7 amide bonds. The molecular weight excluding hydrogens is 1850 g/mol. The van der Waals surface area contributed by atoms with Crippen LogP contribution in [0.3, 0.4) is 0 Å². The van der Waals surface area contributed by atoms with Gasteiger partial charge in [0.2, 0.25) is 27.4 Å². The van der Waals surface area contributed by atoms with Crippen molar-refractivity contribution in [3.8, 4) is 11.5 Å². The second-order valence-electron chi connectivity index (χ2n) is 38.7. The molecule has 139 heavy (non-hydrogen) atoms. The Kier molecular flexibility index (Phi) is 34.0. The fourth-order valence-corrected chi connectivity index (χ4v) is 21.1. The number of carboxylic acid groups (broad SMARTS) is 1. The smallest absolute Gasteiger partial charge is 0.325 e. The molecule has 15 heterocycles. The number of aliphatic carboxylic acids is 1. The molecule has 0 aromatic heterocycles. The molecule has 6 N–H and O–H groups in total. The van der Waals surface area contributed by atoms with Gasteiger partial charge in [-0.3, -0.25) is 62.5 Å². The Bertz CT molecular complexity index is 5080. The SMILES string of the molecule is CC(N)Cc1ccc(OC(=O)C2C(C(=O)N3CCN(C)CC3)[C@@H]3C=C[C@H]2O3)cc1.CC(N)Cc1ccc(OC(=O)C2C(C(=O)N3CCN(C)CC3)[C@@H]3C=C[C@H]2O3)cc1.CC1(c2ccccc2)NC(=O)N(CCCC(=O)C2C(C(=O)O)[C@H]3C=C[C@@H]2O3)C1=O.CCCN1CCN(C(=O)C2C(C(=O)OCc3ccccc3)[C@H]3C=C[C@@H]2O3)CC1.CN1CCN(C(=O)C2C(C(=O)OCC(Cl)(Cl)Cl)[C@H]3C=C[C@@H]2O3)CC1. The first-order chi connectivity index (χ1) is 66.6. The van der Waals surface area contributed by atoms with Crippen LogP contribution >= 0.6 is 34.8 Å². The minimum atomic E-state index is -1.68. The summed E-state index contributed by atoms with van der Waals surface area (Å²) >= 11 is 16.9. The highest BCUT2D eigenvalue weighted by Gasteiger charge is 2.60. The summed E-state index contributed by atoms with van der Waals surface area (Å²) in [6, 6.07) is 33.0. The molecule has 37 heteroatoms. The molecule has 0 spiro atoms. The van der Waals surface area contributed by atoms with Gasteiger partial charge >= 0.3 is 35.9 Å². The Morgan fingerprint density at radius 3 is 1.12 bits per heavy atom. The van der Waals surface area contributed by atoms with Gasteiger partial charge < -0.3 is 98.8 Å². The van der Waals surface area contributed by atoms with Crippen LogP contribution in [0.1, 0.15) is 69.2 Å². The molecule has 748 valence electrons. The Hall–Kier alpha value is -10.2. The van der Waals surface area contributed by atoms with Crippen molar-refractivity contribution in [2.75, 3.05) is 146 Å². The highest BCUT2D eigenvalue weighted by Crippen LogP contribution is 2.47. The van der Waals surface area contributed by atoms with Crippen molar-refractivity contribution in [2.24, 2.45) is 70.6 Å². The van der Waals surface area contributed by atoms with E-state index in [0.29, 0.717) is 69.4 Å². The number of hydrogen-bond acceptors (Lipinski definition) is 27. The van der Waals surface area contributed by atoms with Crippen LogP contribution in [0.25, 0.3) is 0 Å². The van der Waals surface area contributed by atoms with Crippen molar-refractivity contribution >= 4 is 106 Å². The number of carbonyl (C=O) groups is 12. The number of amides is 7. The Labute approximate surface area is 824 Å². The molecule has 4 aromatic rings. The number of nitrogens with zero attached hydrogens (tertiary/aromatic N) is 9. The minimum Gasteiger partial charge on any atom is -0.481 e. The topological polar surface area (TPSA) is 401 Å². The molecule has 19 rings (SSSR count). The highest BCUT2D eigenvalue weighted by molar-refractivity contribution is 6.67. The Balaban J connectivity index is 0.000000132. The molecule has 4 aromatic carbocycles. The first-order valence-corrected chi connectivity index (χ1v) is 49.4. The quantitative estimate of drug-likeness (QED) is 0.0178. The van der Waals surface area contributed by atoms with E-state index >= 15 is 0 Å². The van der Waals surface area contributed by atoms with E-state index in [-0.39, 0.29) is 110 Å².